The summed E-state index contributed by atoms with van der Waals surface area (Å²) >= 11 is 0. The van der Waals surface area contributed by atoms with Gasteiger partial charge < -0.3 is 15.5 Å². The van der Waals surface area contributed by atoms with E-state index in [1.54, 1.807) is 11.6 Å². The number of aromatic nitrogens is 2. The molecule has 1 amide bonds. The summed E-state index contributed by atoms with van der Waals surface area (Å²) in [6, 6.07) is -0.403. The molecule has 6 nitrogen and oxygen atoms in total. The smallest absolute Gasteiger partial charge is 0.239 e. The quantitative estimate of drug-likeness (QED) is 0.813. The van der Waals surface area contributed by atoms with Gasteiger partial charge in [-0.15, -0.1) is 12.4 Å². The Morgan fingerprint density at radius 2 is 2.00 bits per heavy atom. The highest BCUT2D eigenvalue weighted by Gasteiger charge is 2.23. The molecular formula is C11H20ClN5O. The number of rotatable bonds is 2. The topological polar surface area (TPSA) is 67.4 Å². The van der Waals surface area contributed by atoms with Gasteiger partial charge in [0.05, 0.1) is 17.9 Å². The SMILES string of the molecule is CC(N)C(=O)N1CCN(c2cnn(C)c2)CC1.Cl. The second kappa shape index (κ2) is 6.06. The van der Waals surface area contributed by atoms with Gasteiger partial charge in [-0.05, 0) is 6.92 Å². The molecule has 0 aromatic carbocycles. The standard InChI is InChI=1S/C11H19N5O.ClH/c1-9(12)11(17)16-5-3-15(4-6-16)10-7-13-14(2)8-10;/h7-9H,3-6,12H2,1-2H3;1H. The first-order chi connectivity index (χ1) is 8.08. The maximum absolute atomic E-state index is 11.7. The molecule has 1 atom stereocenters. The summed E-state index contributed by atoms with van der Waals surface area (Å²) in [6.07, 6.45) is 3.84. The van der Waals surface area contributed by atoms with Crippen molar-refractivity contribution in [1.82, 2.24) is 14.7 Å². The first-order valence-electron chi connectivity index (χ1n) is 5.86. The maximum atomic E-state index is 11.7. The van der Waals surface area contributed by atoms with Crippen LogP contribution in [0.2, 0.25) is 0 Å². The molecule has 0 saturated carbocycles. The molecule has 2 N–H and O–H groups in total. The number of anilines is 1. The van der Waals surface area contributed by atoms with Crippen molar-refractivity contribution < 1.29 is 4.79 Å². The monoisotopic (exact) mass is 273 g/mol. The number of carbonyl (C=O) groups is 1. The van der Waals surface area contributed by atoms with Crippen LogP contribution in [0.5, 0.6) is 0 Å². The fourth-order valence-corrected chi connectivity index (χ4v) is 2.04. The number of carbonyl (C=O) groups excluding carboxylic acids is 1. The second-order valence-corrected chi connectivity index (χ2v) is 4.47. The molecule has 1 unspecified atom stereocenters. The lowest BCUT2D eigenvalue weighted by Gasteiger charge is -2.36. The largest absolute Gasteiger partial charge is 0.365 e. The van der Waals surface area contributed by atoms with E-state index in [1.807, 2.05) is 24.3 Å². The van der Waals surface area contributed by atoms with Gasteiger partial charge in [0.15, 0.2) is 0 Å². The van der Waals surface area contributed by atoms with Gasteiger partial charge in [-0.3, -0.25) is 9.48 Å². The number of nitrogens with zero attached hydrogens (tertiary/aromatic N) is 4. The van der Waals surface area contributed by atoms with Crippen molar-refractivity contribution in [3.8, 4) is 0 Å². The van der Waals surface area contributed by atoms with Crippen LogP contribution in [0.15, 0.2) is 12.4 Å². The molecule has 1 aliphatic heterocycles. The van der Waals surface area contributed by atoms with E-state index in [9.17, 15) is 4.79 Å². The van der Waals surface area contributed by atoms with Crippen LogP contribution in [-0.2, 0) is 11.8 Å². The molecule has 2 heterocycles. The zero-order valence-electron chi connectivity index (χ0n) is 10.7. The summed E-state index contributed by atoms with van der Waals surface area (Å²) in [5, 5.41) is 4.15. The molecule has 0 bridgehead atoms. The lowest BCUT2D eigenvalue weighted by atomic mass is 10.2. The van der Waals surface area contributed by atoms with Crippen LogP contribution in [-0.4, -0.2) is 52.8 Å². The average molecular weight is 274 g/mol. The number of piperazine rings is 1. The Labute approximate surface area is 113 Å². The first-order valence-corrected chi connectivity index (χ1v) is 5.86. The summed E-state index contributed by atoms with van der Waals surface area (Å²) in [5.41, 5.74) is 6.71. The van der Waals surface area contributed by atoms with Crippen molar-refractivity contribution in [2.24, 2.45) is 12.8 Å². The van der Waals surface area contributed by atoms with Crippen LogP contribution >= 0.6 is 12.4 Å². The molecule has 1 aliphatic rings. The first kappa shape index (κ1) is 14.8. The second-order valence-electron chi connectivity index (χ2n) is 4.47. The molecule has 1 saturated heterocycles. The van der Waals surface area contributed by atoms with E-state index in [1.165, 1.54) is 0 Å². The predicted molar refractivity (Wildman–Crippen MR) is 72.9 cm³/mol. The van der Waals surface area contributed by atoms with E-state index in [4.69, 9.17) is 5.73 Å². The van der Waals surface area contributed by atoms with Gasteiger partial charge >= 0.3 is 0 Å². The average Bonchev–Trinajstić information content (AvgIpc) is 2.75. The normalized spacial score (nSPS) is 17.3. The Kier molecular flexibility index (Phi) is 4.98. The zero-order valence-corrected chi connectivity index (χ0v) is 11.6. The van der Waals surface area contributed by atoms with Crippen molar-refractivity contribution in [3.63, 3.8) is 0 Å². The minimum Gasteiger partial charge on any atom is -0.365 e. The summed E-state index contributed by atoms with van der Waals surface area (Å²) in [5.74, 6) is 0.0378. The number of aryl methyl sites for hydroxylation is 1. The summed E-state index contributed by atoms with van der Waals surface area (Å²) in [7, 11) is 1.90. The molecule has 18 heavy (non-hydrogen) atoms. The number of nitrogens with two attached hydrogens (primary N) is 1. The Hall–Kier alpha value is -1.27. The molecule has 2 rings (SSSR count). The van der Waals surface area contributed by atoms with Crippen LogP contribution in [0.25, 0.3) is 0 Å². The Morgan fingerprint density at radius 1 is 1.39 bits per heavy atom. The van der Waals surface area contributed by atoms with Gasteiger partial charge in [0.25, 0.3) is 0 Å². The van der Waals surface area contributed by atoms with E-state index in [-0.39, 0.29) is 18.3 Å². The van der Waals surface area contributed by atoms with Gasteiger partial charge in [0, 0.05) is 39.4 Å². The minimum atomic E-state index is -0.403. The van der Waals surface area contributed by atoms with Crippen LogP contribution in [0, 0.1) is 0 Å². The van der Waals surface area contributed by atoms with Gasteiger partial charge in [-0.2, -0.15) is 5.10 Å². The number of amides is 1. The number of hydrogen-bond donors (Lipinski definition) is 1. The Morgan fingerprint density at radius 3 is 2.44 bits per heavy atom. The molecule has 1 aromatic rings. The third-order valence-corrected chi connectivity index (χ3v) is 3.04. The third-order valence-electron chi connectivity index (χ3n) is 3.04. The highest BCUT2D eigenvalue weighted by Crippen LogP contribution is 2.14. The van der Waals surface area contributed by atoms with Crippen LogP contribution in [0.3, 0.4) is 0 Å². The maximum Gasteiger partial charge on any atom is 0.239 e. The van der Waals surface area contributed by atoms with Crippen molar-refractivity contribution in [1.29, 1.82) is 0 Å². The Bertz CT molecular complexity index is 398. The summed E-state index contributed by atoms with van der Waals surface area (Å²) in [6.45, 7) is 4.87. The highest BCUT2D eigenvalue weighted by molar-refractivity contribution is 5.85. The van der Waals surface area contributed by atoms with E-state index >= 15 is 0 Å². The van der Waals surface area contributed by atoms with Gasteiger partial charge in [0.1, 0.15) is 0 Å². The van der Waals surface area contributed by atoms with E-state index in [2.05, 4.69) is 10.00 Å². The van der Waals surface area contributed by atoms with Crippen LogP contribution in [0.1, 0.15) is 6.92 Å². The van der Waals surface area contributed by atoms with E-state index in [0.29, 0.717) is 0 Å². The summed E-state index contributed by atoms with van der Waals surface area (Å²) in [4.78, 5) is 15.8. The van der Waals surface area contributed by atoms with Crippen molar-refractivity contribution in [3.05, 3.63) is 12.4 Å². The molecule has 1 fully saturated rings. The molecular weight excluding hydrogens is 254 g/mol. The summed E-state index contributed by atoms with van der Waals surface area (Å²) < 4.78 is 1.79. The molecule has 0 radical (unpaired) electrons. The lowest BCUT2D eigenvalue weighted by molar-refractivity contribution is -0.132. The molecule has 7 heteroatoms. The molecule has 0 spiro atoms. The van der Waals surface area contributed by atoms with Crippen LogP contribution < -0.4 is 10.6 Å². The third kappa shape index (κ3) is 3.14. The van der Waals surface area contributed by atoms with Crippen molar-refractivity contribution >= 4 is 24.0 Å². The van der Waals surface area contributed by atoms with E-state index in [0.717, 1.165) is 31.9 Å². The molecule has 0 aliphatic carbocycles. The zero-order chi connectivity index (χ0) is 12.4. The highest BCUT2D eigenvalue weighted by atomic mass is 35.5. The van der Waals surface area contributed by atoms with E-state index < -0.39 is 6.04 Å². The minimum absolute atomic E-state index is 0. The molecule has 1 aromatic heterocycles. The van der Waals surface area contributed by atoms with Gasteiger partial charge in [-0.25, -0.2) is 0 Å². The number of hydrogen-bond acceptors (Lipinski definition) is 4. The van der Waals surface area contributed by atoms with Gasteiger partial charge in [0.2, 0.25) is 5.91 Å². The fraction of sp³-hybridized carbons (Fsp3) is 0.636. The van der Waals surface area contributed by atoms with Crippen LogP contribution in [0.4, 0.5) is 5.69 Å². The fourth-order valence-electron chi connectivity index (χ4n) is 2.04. The van der Waals surface area contributed by atoms with Crippen molar-refractivity contribution in [2.75, 3.05) is 31.1 Å². The lowest BCUT2D eigenvalue weighted by Crippen LogP contribution is -2.52. The molecule has 102 valence electrons. The van der Waals surface area contributed by atoms with Gasteiger partial charge in [-0.1, -0.05) is 0 Å². The Balaban J connectivity index is 0.00000162. The van der Waals surface area contributed by atoms with Crippen molar-refractivity contribution in [2.45, 2.75) is 13.0 Å². The predicted octanol–water partition coefficient (Wildman–Crippen LogP) is -0.162. The number of halogens is 1.